The molecule has 0 fully saturated rings. The molecule has 0 aliphatic carbocycles. The molecule has 11 nitrogen and oxygen atoms in total. The quantitative estimate of drug-likeness (QED) is 0.150. The highest BCUT2D eigenvalue weighted by Crippen LogP contribution is 2.47. The van der Waals surface area contributed by atoms with Gasteiger partial charge < -0.3 is 24.0 Å². The third kappa shape index (κ3) is 7.61. The molecule has 2 heterocycles. The van der Waals surface area contributed by atoms with E-state index >= 15 is 0 Å². The molecule has 4 rings (SSSR count). The van der Waals surface area contributed by atoms with E-state index in [-0.39, 0.29) is 12.5 Å². The summed E-state index contributed by atoms with van der Waals surface area (Å²) in [4.78, 5) is 31.3. The highest BCUT2D eigenvalue weighted by atomic mass is 31.2. The van der Waals surface area contributed by atoms with Crippen LogP contribution in [0.15, 0.2) is 73.1 Å². The van der Waals surface area contributed by atoms with Crippen LogP contribution in [-0.4, -0.2) is 66.7 Å². The number of nitrogens with zero attached hydrogens (tertiary/aromatic N) is 5. The highest BCUT2D eigenvalue weighted by Gasteiger charge is 2.27. The molecule has 2 unspecified atom stereocenters. The molecular formula is C32H36N5O6P. The van der Waals surface area contributed by atoms with Crippen molar-refractivity contribution in [2.24, 2.45) is 0 Å². The predicted octanol–water partition coefficient (Wildman–Crippen LogP) is 6.00. The molecule has 0 saturated carbocycles. The fourth-order valence-electron chi connectivity index (χ4n) is 4.65. The number of phosphoric ester groups is 1. The van der Waals surface area contributed by atoms with Gasteiger partial charge in [-0.05, 0) is 69.4 Å². The Morgan fingerprint density at radius 3 is 2.61 bits per heavy atom. The fraction of sp³-hybridized carbons (Fsp3) is 0.281. The first-order chi connectivity index (χ1) is 21.0. The monoisotopic (exact) mass is 617 g/mol. The molecule has 0 aliphatic heterocycles. The van der Waals surface area contributed by atoms with Gasteiger partial charge in [0.05, 0.1) is 25.3 Å². The molecule has 12 heteroatoms. The first-order valence-electron chi connectivity index (χ1n) is 13.9. The van der Waals surface area contributed by atoms with Crippen LogP contribution in [0.3, 0.4) is 0 Å². The van der Waals surface area contributed by atoms with E-state index in [4.69, 9.17) is 18.8 Å². The summed E-state index contributed by atoms with van der Waals surface area (Å²) >= 11 is 0. The summed E-state index contributed by atoms with van der Waals surface area (Å²) in [6.07, 6.45) is 5.89. The SMILES string of the molecule is CCOP(=O)(O)OC(C)n1cc(-c2cccc(C#N)c2)c2cc(-c3cc(OC)cc(N(C)C(=O)/C=C/CN(C)C)c3)cnc21. The molecule has 2 aromatic carbocycles. The van der Waals surface area contributed by atoms with Gasteiger partial charge in [0.1, 0.15) is 17.6 Å². The zero-order valence-electron chi connectivity index (χ0n) is 25.6. The number of benzene rings is 2. The lowest BCUT2D eigenvalue weighted by atomic mass is 10.0. The Bertz CT molecular complexity index is 1780. The summed E-state index contributed by atoms with van der Waals surface area (Å²) in [5.74, 6) is 0.379. The Morgan fingerprint density at radius 2 is 1.93 bits per heavy atom. The normalized spacial score (nSPS) is 13.6. The number of rotatable bonds is 12. The Labute approximate surface area is 257 Å². The fourth-order valence-corrected chi connectivity index (χ4v) is 5.53. The third-order valence-corrected chi connectivity index (χ3v) is 8.01. The average Bonchev–Trinajstić information content (AvgIpc) is 3.39. The lowest BCUT2D eigenvalue weighted by Gasteiger charge is -2.19. The number of aromatic nitrogens is 2. The number of pyridine rings is 1. The van der Waals surface area contributed by atoms with Crippen molar-refractivity contribution >= 4 is 30.5 Å². The predicted molar refractivity (Wildman–Crippen MR) is 170 cm³/mol. The topological polar surface area (TPSA) is 130 Å². The summed E-state index contributed by atoms with van der Waals surface area (Å²) in [6, 6.07) is 16.8. The van der Waals surface area contributed by atoms with Gasteiger partial charge in [0, 0.05) is 60.3 Å². The van der Waals surface area contributed by atoms with Crippen molar-refractivity contribution in [3.05, 3.63) is 78.6 Å². The van der Waals surface area contributed by atoms with Crippen LogP contribution in [0.1, 0.15) is 25.6 Å². The van der Waals surface area contributed by atoms with Crippen LogP contribution in [0.25, 0.3) is 33.3 Å². The van der Waals surface area contributed by atoms with Crippen LogP contribution >= 0.6 is 7.82 Å². The minimum absolute atomic E-state index is 0.0103. The first-order valence-corrected chi connectivity index (χ1v) is 15.4. The van der Waals surface area contributed by atoms with Crippen LogP contribution in [0, 0.1) is 11.3 Å². The molecule has 44 heavy (non-hydrogen) atoms. The first kappa shape index (κ1) is 32.6. The molecule has 0 aliphatic rings. The number of carbonyl (C=O) groups is 1. The van der Waals surface area contributed by atoms with Crippen molar-refractivity contribution in [2.75, 3.05) is 46.3 Å². The number of phosphoric acid groups is 1. The van der Waals surface area contributed by atoms with Crippen molar-refractivity contribution in [1.82, 2.24) is 14.5 Å². The van der Waals surface area contributed by atoms with Gasteiger partial charge in [-0.1, -0.05) is 18.2 Å². The summed E-state index contributed by atoms with van der Waals surface area (Å²) in [6.45, 7) is 3.88. The van der Waals surface area contributed by atoms with E-state index in [1.165, 1.54) is 6.08 Å². The van der Waals surface area contributed by atoms with Crippen molar-refractivity contribution < 1.29 is 28.0 Å². The van der Waals surface area contributed by atoms with E-state index in [9.17, 15) is 19.5 Å². The lowest BCUT2D eigenvalue weighted by Crippen LogP contribution is -2.24. The molecule has 2 aromatic heterocycles. The second kappa shape index (κ2) is 14.0. The number of carbonyl (C=O) groups excluding carboxylic acids is 1. The molecule has 4 aromatic rings. The zero-order valence-corrected chi connectivity index (χ0v) is 26.5. The Balaban J connectivity index is 1.83. The summed E-state index contributed by atoms with van der Waals surface area (Å²) in [7, 11) is 2.80. The smallest absolute Gasteiger partial charge is 0.474 e. The van der Waals surface area contributed by atoms with Crippen molar-refractivity contribution in [2.45, 2.75) is 20.1 Å². The van der Waals surface area contributed by atoms with Crippen LogP contribution in [0.2, 0.25) is 0 Å². The number of ether oxygens (including phenoxy) is 1. The van der Waals surface area contributed by atoms with Crippen molar-refractivity contribution in [1.29, 1.82) is 5.26 Å². The van der Waals surface area contributed by atoms with Gasteiger partial charge in [-0.2, -0.15) is 5.26 Å². The molecular weight excluding hydrogens is 581 g/mol. The Hall–Kier alpha value is -4.30. The largest absolute Gasteiger partial charge is 0.497 e. The molecule has 230 valence electrons. The second-order valence-electron chi connectivity index (χ2n) is 10.3. The van der Waals surface area contributed by atoms with Crippen molar-refractivity contribution in [3.63, 3.8) is 0 Å². The van der Waals surface area contributed by atoms with Gasteiger partial charge in [-0.3, -0.25) is 13.8 Å². The third-order valence-electron chi connectivity index (χ3n) is 6.85. The maximum absolute atomic E-state index is 12.9. The molecule has 2 atom stereocenters. The van der Waals surface area contributed by atoms with E-state index in [0.717, 1.165) is 27.6 Å². The number of methoxy groups -OCH3 is 1. The number of nitriles is 1. The maximum atomic E-state index is 12.9. The van der Waals surface area contributed by atoms with Gasteiger partial charge >= 0.3 is 7.82 Å². The molecule has 0 saturated heterocycles. The molecule has 1 N–H and O–H groups in total. The molecule has 0 spiro atoms. The standard InChI is InChI=1S/C32H36N5O6P/c1-7-42-44(39,40)43-22(2)37-21-30(24-11-8-10-23(14-24)19-33)29-17-26(20-34-32(29)37)25-15-27(18-28(16-25)41-6)36(5)31(38)12-9-13-35(3)4/h8-12,14-18,20-22H,7,13H2,1-6H3,(H,39,40)/b12-9+. The van der Waals surface area contributed by atoms with Gasteiger partial charge in [-0.15, -0.1) is 0 Å². The van der Waals surface area contributed by atoms with E-state index < -0.39 is 14.1 Å². The number of hydrogen-bond acceptors (Lipinski definition) is 8. The lowest BCUT2D eigenvalue weighted by molar-refractivity contribution is -0.113. The Morgan fingerprint density at radius 1 is 1.16 bits per heavy atom. The number of hydrogen-bond donors (Lipinski definition) is 1. The molecule has 0 radical (unpaired) electrons. The van der Waals surface area contributed by atoms with Crippen LogP contribution in [0.4, 0.5) is 5.69 Å². The number of amides is 1. The van der Waals surface area contributed by atoms with Crippen molar-refractivity contribution in [3.8, 4) is 34.1 Å². The Kier molecular flexibility index (Phi) is 10.4. The summed E-state index contributed by atoms with van der Waals surface area (Å²) < 4.78 is 30.0. The maximum Gasteiger partial charge on any atom is 0.474 e. The van der Waals surface area contributed by atoms with E-state index in [1.54, 1.807) is 80.2 Å². The van der Waals surface area contributed by atoms with Crippen LogP contribution in [0.5, 0.6) is 5.75 Å². The molecule has 0 bridgehead atoms. The summed E-state index contributed by atoms with van der Waals surface area (Å²) in [5, 5.41) is 10.2. The van der Waals surface area contributed by atoms with E-state index in [0.29, 0.717) is 29.2 Å². The average molecular weight is 618 g/mol. The summed E-state index contributed by atoms with van der Waals surface area (Å²) in [5.41, 5.74) is 4.62. The van der Waals surface area contributed by atoms with E-state index in [2.05, 4.69) is 6.07 Å². The van der Waals surface area contributed by atoms with Gasteiger partial charge in [0.25, 0.3) is 0 Å². The number of likely N-dealkylation sites (N-methyl/N-ethyl adjacent to an activating group) is 2. The number of fused-ring (bicyclic) bond motifs is 1. The molecule has 1 amide bonds. The minimum atomic E-state index is -4.31. The van der Waals surface area contributed by atoms with E-state index in [1.807, 2.05) is 43.3 Å². The van der Waals surface area contributed by atoms with Gasteiger partial charge in [-0.25, -0.2) is 9.55 Å². The van der Waals surface area contributed by atoms with Crippen LogP contribution in [-0.2, 0) is 18.4 Å². The highest BCUT2D eigenvalue weighted by molar-refractivity contribution is 7.47. The van der Waals surface area contributed by atoms with Gasteiger partial charge in [0.2, 0.25) is 5.91 Å². The number of anilines is 1. The van der Waals surface area contributed by atoms with Gasteiger partial charge in [0.15, 0.2) is 0 Å². The minimum Gasteiger partial charge on any atom is -0.497 e. The second-order valence-corrected chi connectivity index (χ2v) is 11.7. The zero-order chi connectivity index (χ0) is 32.0. The van der Waals surface area contributed by atoms with Crippen LogP contribution < -0.4 is 9.64 Å².